The Morgan fingerprint density at radius 1 is 0.431 bits per heavy atom. The molecule has 322 valence electrons. The summed E-state index contributed by atoms with van der Waals surface area (Å²) in [6.07, 6.45) is 10.0. The number of hydrogen-bond acceptors (Lipinski definition) is 2. The van der Waals surface area contributed by atoms with Crippen LogP contribution in [0.3, 0.4) is 0 Å². The Balaban J connectivity index is 0.892. The zero-order valence-electron chi connectivity index (χ0n) is 37.9. The molecular formula is C61H54F2N2. The first kappa shape index (κ1) is 39.1. The van der Waals surface area contributed by atoms with Gasteiger partial charge in [0.2, 0.25) is 0 Å². The van der Waals surface area contributed by atoms with Crippen molar-refractivity contribution in [2.75, 3.05) is 9.80 Å². The van der Waals surface area contributed by atoms with Crippen LogP contribution in [0.5, 0.6) is 0 Å². The Kier molecular flexibility index (Phi) is 8.21. The number of halogens is 2. The summed E-state index contributed by atoms with van der Waals surface area (Å²) in [6.45, 7) is 9.71. The topological polar surface area (TPSA) is 6.48 Å². The van der Waals surface area contributed by atoms with Crippen LogP contribution in [0.25, 0.3) is 54.9 Å². The fraction of sp³-hybridized carbons (Fsp3) is 0.279. The normalized spacial score (nSPS) is 25.0. The maximum absolute atomic E-state index is 14.7. The van der Waals surface area contributed by atoms with E-state index in [1.54, 1.807) is 24.3 Å². The highest BCUT2D eigenvalue weighted by Crippen LogP contribution is 2.63. The van der Waals surface area contributed by atoms with Crippen LogP contribution in [-0.2, 0) is 17.3 Å². The number of fused-ring (bicyclic) bond motifs is 14. The number of nitrogens with zero attached hydrogens (tertiary/aromatic N) is 2. The van der Waals surface area contributed by atoms with Crippen LogP contribution in [0.1, 0.15) is 101 Å². The van der Waals surface area contributed by atoms with E-state index in [1.807, 2.05) is 12.1 Å². The summed E-state index contributed by atoms with van der Waals surface area (Å²) in [4.78, 5) is 4.91. The molecule has 2 fully saturated rings. The number of hydrogen-bond donors (Lipinski definition) is 0. The van der Waals surface area contributed by atoms with Crippen molar-refractivity contribution >= 4 is 44.3 Å². The lowest BCUT2D eigenvalue weighted by Crippen LogP contribution is -2.54. The van der Waals surface area contributed by atoms with Crippen molar-refractivity contribution in [3.63, 3.8) is 0 Å². The van der Waals surface area contributed by atoms with E-state index in [2.05, 4.69) is 147 Å². The molecule has 65 heavy (non-hydrogen) atoms. The van der Waals surface area contributed by atoms with Gasteiger partial charge in [-0.05, 0) is 190 Å². The molecule has 13 rings (SSSR count). The Morgan fingerprint density at radius 2 is 0.938 bits per heavy atom. The van der Waals surface area contributed by atoms with Crippen molar-refractivity contribution < 1.29 is 8.78 Å². The molecule has 2 nitrogen and oxygen atoms in total. The smallest absolute Gasteiger partial charge is 0.125 e. The van der Waals surface area contributed by atoms with Gasteiger partial charge in [0.25, 0.3) is 0 Å². The SMILES string of the molecule is CC12CCCCC1(C)N(c1cccc(F)c1)c1ccc(-c3ccc4c(c3)Cc3c-4c4ccccc4c4cc(-c5ccc6c(c5)C5(C)CCCCC5(C)N6c5cccc(F)c5)ccc34)cc12. The van der Waals surface area contributed by atoms with E-state index in [1.165, 1.54) is 114 Å². The zero-order chi connectivity index (χ0) is 44.0. The van der Waals surface area contributed by atoms with E-state index < -0.39 is 0 Å². The lowest BCUT2D eigenvalue weighted by molar-refractivity contribution is 0.195. The molecule has 0 radical (unpaired) electrons. The van der Waals surface area contributed by atoms with E-state index in [9.17, 15) is 8.78 Å². The Labute approximate surface area is 381 Å². The molecule has 4 unspecified atom stereocenters. The Morgan fingerprint density at radius 3 is 1.52 bits per heavy atom. The maximum atomic E-state index is 14.7. The summed E-state index contributed by atoms with van der Waals surface area (Å²) < 4.78 is 29.5. The van der Waals surface area contributed by atoms with Gasteiger partial charge in [-0.1, -0.05) is 118 Å². The molecular weight excluding hydrogens is 799 g/mol. The minimum atomic E-state index is -0.191. The first-order valence-electron chi connectivity index (χ1n) is 24.0. The average Bonchev–Trinajstić information content (AvgIpc) is 3.87. The molecule has 2 saturated carbocycles. The van der Waals surface area contributed by atoms with Crippen LogP contribution >= 0.6 is 0 Å². The molecule has 8 aromatic rings. The molecule has 8 aromatic carbocycles. The number of benzene rings is 8. The lowest BCUT2D eigenvalue weighted by Gasteiger charge is -2.50. The van der Waals surface area contributed by atoms with E-state index in [4.69, 9.17) is 0 Å². The quantitative estimate of drug-likeness (QED) is 0.163. The maximum Gasteiger partial charge on any atom is 0.125 e. The van der Waals surface area contributed by atoms with Crippen molar-refractivity contribution in [2.24, 2.45) is 0 Å². The molecule has 0 saturated heterocycles. The standard InChI is InChI=1S/C61H54F2N2/c1-58-27-7-9-29-60(58,3)64(45-15-11-13-43(62)36-45)55-25-21-40(34-53(55)58)38-19-23-47-42(31-38)33-52-49-24-20-39(32-51(49)48-17-5-6-18-50(48)57(47)52)41-22-26-56-54(35-41)59(2)28-8-10-30-61(59,4)65(56)46-16-12-14-44(63)37-46/h5-6,11-26,31-32,34-37H,7-10,27-30,33H2,1-4H3. The van der Waals surface area contributed by atoms with Gasteiger partial charge in [-0.15, -0.1) is 0 Å². The van der Waals surface area contributed by atoms with E-state index >= 15 is 0 Å². The Hall–Kier alpha value is -6.26. The van der Waals surface area contributed by atoms with Gasteiger partial charge in [0.1, 0.15) is 11.6 Å². The minimum Gasteiger partial charge on any atom is -0.334 e. The Bertz CT molecular complexity index is 3330. The van der Waals surface area contributed by atoms with Crippen molar-refractivity contribution in [3.8, 4) is 33.4 Å². The number of anilines is 4. The van der Waals surface area contributed by atoms with Crippen LogP contribution in [-0.4, -0.2) is 11.1 Å². The molecule has 5 aliphatic rings. The first-order valence-corrected chi connectivity index (χ1v) is 24.0. The third-order valence-electron chi connectivity index (χ3n) is 17.9. The molecule has 4 atom stereocenters. The molecule has 2 heterocycles. The molecule has 0 aromatic heterocycles. The highest BCUT2D eigenvalue weighted by molar-refractivity contribution is 6.18. The molecule has 0 amide bonds. The van der Waals surface area contributed by atoms with Gasteiger partial charge < -0.3 is 9.80 Å². The van der Waals surface area contributed by atoms with Gasteiger partial charge in [0.05, 0.1) is 11.1 Å². The third kappa shape index (κ3) is 5.26. The largest absolute Gasteiger partial charge is 0.334 e. The highest BCUT2D eigenvalue weighted by atomic mass is 19.1. The van der Waals surface area contributed by atoms with Gasteiger partial charge in [0.15, 0.2) is 0 Å². The molecule has 0 spiro atoms. The van der Waals surface area contributed by atoms with Crippen LogP contribution in [0, 0.1) is 11.6 Å². The predicted molar refractivity (Wildman–Crippen MR) is 266 cm³/mol. The minimum absolute atomic E-state index is 0.0516. The third-order valence-corrected chi connectivity index (χ3v) is 17.9. The predicted octanol–water partition coefficient (Wildman–Crippen LogP) is 16.7. The fourth-order valence-electron chi connectivity index (χ4n) is 14.2. The molecule has 0 N–H and O–H groups in total. The van der Waals surface area contributed by atoms with Gasteiger partial charge in [0, 0.05) is 33.6 Å². The summed E-state index contributed by atoms with van der Waals surface area (Å²) in [7, 11) is 0. The lowest BCUT2D eigenvalue weighted by atomic mass is 9.61. The second-order valence-electron chi connectivity index (χ2n) is 20.9. The van der Waals surface area contributed by atoms with Crippen LogP contribution in [0.15, 0.2) is 146 Å². The number of rotatable bonds is 4. The fourth-order valence-corrected chi connectivity index (χ4v) is 14.2. The summed E-state index contributed by atoms with van der Waals surface area (Å²) in [5.41, 5.74) is 17.1. The van der Waals surface area contributed by atoms with Crippen molar-refractivity contribution in [2.45, 2.75) is 107 Å². The molecule has 4 heteroatoms. The van der Waals surface area contributed by atoms with Crippen molar-refractivity contribution in [1.29, 1.82) is 0 Å². The van der Waals surface area contributed by atoms with Gasteiger partial charge >= 0.3 is 0 Å². The van der Waals surface area contributed by atoms with Gasteiger partial charge in [-0.25, -0.2) is 8.78 Å². The summed E-state index contributed by atoms with van der Waals surface area (Å²) in [5.74, 6) is -0.380. The second kappa shape index (κ2) is 13.6. The summed E-state index contributed by atoms with van der Waals surface area (Å²) >= 11 is 0. The van der Waals surface area contributed by atoms with E-state index in [0.29, 0.717) is 0 Å². The molecule has 2 aliphatic heterocycles. The highest BCUT2D eigenvalue weighted by Gasteiger charge is 2.59. The van der Waals surface area contributed by atoms with Crippen molar-refractivity contribution in [1.82, 2.24) is 0 Å². The molecule has 0 bridgehead atoms. The van der Waals surface area contributed by atoms with Gasteiger partial charge in [-0.3, -0.25) is 0 Å². The first-order chi connectivity index (χ1) is 31.5. The second-order valence-corrected chi connectivity index (χ2v) is 20.9. The van der Waals surface area contributed by atoms with Crippen LogP contribution in [0.2, 0.25) is 0 Å². The summed E-state index contributed by atoms with van der Waals surface area (Å²) in [5, 5.41) is 5.22. The monoisotopic (exact) mass is 852 g/mol. The summed E-state index contributed by atoms with van der Waals surface area (Å²) in [6, 6.07) is 51.8. The average molecular weight is 853 g/mol. The zero-order valence-corrected chi connectivity index (χ0v) is 37.9. The van der Waals surface area contributed by atoms with Gasteiger partial charge in [-0.2, -0.15) is 0 Å². The van der Waals surface area contributed by atoms with E-state index in [-0.39, 0.29) is 33.5 Å². The molecule has 3 aliphatic carbocycles. The van der Waals surface area contributed by atoms with Crippen molar-refractivity contribution in [3.05, 3.63) is 179 Å². The van der Waals surface area contributed by atoms with E-state index in [0.717, 1.165) is 43.5 Å². The van der Waals surface area contributed by atoms with Crippen LogP contribution in [0.4, 0.5) is 31.5 Å². The van der Waals surface area contributed by atoms with Crippen LogP contribution < -0.4 is 9.80 Å².